The number of phosphoric acid groups is 6. The van der Waals surface area contributed by atoms with Crippen LogP contribution in [0.2, 0.25) is 0 Å². The van der Waals surface area contributed by atoms with E-state index in [4.69, 9.17) is 19.6 Å². The lowest BCUT2D eigenvalue weighted by Gasteiger charge is -2.21. The molecule has 0 aliphatic rings. The number of rotatable bonds is 13. The van der Waals surface area contributed by atoms with E-state index in [-0.39, 0.29) is 24.3 Å². The third kappa shape index (κ3) is 12.8. The summed E-state index contributed by atoms with van der Waals surface area (Å²) in [6.45, 7) is 0. The van der Waals surface area contributed by atoms with Crippen molar-refractivity contribution in [2.75, 3.05) is 0 Å². The molecule has 0 aliphatic heterocycles. The summed E-state index contributed by atoms with van der Waals surface area (Å²) >= 11 is 0. The zero-order valence-corrected chi connectivity index (χ0v) is 24.6. The number of hydrogen-bond acceptors (Lipinski definition) is 12. The molecule has 0 saturated carbocycles. The van der Waals surface area contributed by atoms with Crippen LogP contribution >= 0.6 is 46.9 Å². The highest BCUT2D eigenvalue weighted by Crippen LogP contribution is 2.57. The van der Waals surface area contributed by atoms with Gasteiger partial charge in [-0.05, 0) is 12.1 Å². The maximum atomic E-state index is 11.6. The average molecular weight is 730 g/mol. The van der Waals surface area contributed by atoms with E-state index in [1.165, 1.54) is 0 Å². The predicted molar refractivity (Wildman–Crippen MR) is 128 cm³/mol. The summed E-state index contributed by atoms with van der Waals surface area (Å²) in [6, 6.07) is 0.677. The Morgan fingerprint density at radius 3 is 0.667 bits per heavy atom. The fraction of sp³-hybridized carbons (Fsp3) is 0. The molecule has 24 nitrogen and oxygen atoms in total. The lowest BCUT2D eigenvalue weighted by molar-refractivity contribution is 0.261. The van der Waals surface area contributed by atoms with Gasteiger partial charge in [0.25, 0.3) is 0 Å². The topological polar surface area (TPSA) is 401 Å². The highest BCUT2D eigenvalue weighted by Gasteiger charge is 2.33. The minimum atomic E-state index is -5.72. The zero-order valence-electron chi connectivity index (χ0n) is 19.3. The van der Waals surface area contributed by atoms with Gasteiger partial charge < -0.3 is 27.1 Å². The largest absolute Gasteiger partial charge is 0.524 e. The average Bonchev–Trinajstić information content (AvgIpc) is 2.65. The molecule has 0 aliphatic carbocycles. The number of hydrogen-bond donors (Lipinski definition) is 12. The fourth-order valence-corrected chi connectivity index (χ4v) is 5.12. The van der Waals surface area contributed by atoms with Crippen molar-refractivity contribution in [3.63, 3.8) is 0 Å². The summed E-state index contributed by atoms with van der Waals surface area (Å²) in [4.78, 5) is 110. The Bertz CT molecular complexity index is 1510. The van der Waals surface area contributed by atoms with Crippen LogP contribution in [-0.4, -0.2) is 58.7 Å². The molecule has 0 saturated heterocycles. The SMILES string of the molecule is O=P(O)(O)Oc1cc(OP(=O)(O)O)c(-c2cc(OP(=O)(O)O)c(OP(=O)(O)O)cc2OP(=O)(O)O)cc1OP(=O)(O)O. The van der Waals surface area contributed by atoms with Crippen LogP contribution in [0.1, 0.15) is 0 Å². The lowest BCUT2D eigenvalue weighted by atomic mass is 10.0. The van der Waals surface area contributed by atoms with Gasteiger partial charge in [0.05, 0.1) is 0 Å². The van der Waals surface area contributed by atoms with Crippen LogP contribution < -0.4 is 27.1 Å². The Hall–Kier alpha value is -1.86. The van der Waals surface area contributed by atoms with Crippen molar-refractivity contribution in [2.45, 2.75) is 0 Å². The van der Waals surface area contributed by atoms with Gasteiger partial charge in [-0.15, -0.1) is 0 Å². The molecule has 2 rings (SSSR count). The van der Waals surface area contributed by atoms with Crippen LogP contribution in [0.3, 0.4) is 0 Å². The first kappa shape index (κ1) is 36.3. The standard InChI is InChI=1S/C12H16O24P6/c13-37(14,15)31-7-3-11(35-41(25,26)27)9(33-39(19,20)21)1-5(7)6-2-10(34-40(22,23)24)12(36-42(28,29)30)4-8(6)32-38(16,17)18/h1-4H,(H2,13,14,15)(H2,16,17,18)(H2,19,20,21)(H2,22,23,24)(H2,25,26,27)(H2,28,29,30). The van der Waals surface area contributed by atoms with Gasteiger partial charge in [0.2, 0.25) is 0 Å². The summed E-state index contributed by atoms with van der Waals surface area (Å²) in [6.07, 6.45) is 0. The molecule has 0 spiro atoms. The molecule has 0 fully saturated rings. The molecule has 2 aromatic carbocycles. The van der Waals surface area contributed by atoms with E-state index in [0.717, 1.165) is 0 Å². The van der Waals surface area contributed by atoms with Gasteiger partial charge in [0.1, 0.15) is 11.5 Å². The minimum Gasteiger partial charge on any atom is -0.403 e. The Labute approximate surface area is 230 Å². The quantitative estimate of drug-likeness (QED) is 0.122. The smallest absolute Gasteiger partial charge is 0.403 e. The van der Waals surface area contributed by atoms with Crippen LogP contribution in [0.15, 0.2) is 24.3 Å². The van der Waals surface area contributed by atoms with Crippen LogP contribution in [0.25, 0.3) is 11.1 Å². The third-order valence-corrected chi connectivity index (χ3v) is 6.29. The molecule has 42 heavy (non-hydrogen) atoms. The molecule has 0 heterocycles. The van der Waals surface area contributed by atoms with Gasteiger partial charge in [-0.1, -0.05) is 0 Å². The molecule has 0 unspecified atom stereocenters. The highest BCUT2D eigenvalue weighted by atomic mass is 31.2. The molecule has 238 valence electrons. The molecule has 30 heteroatoms. The van der Waals surface area contributed by atoms with Crippen LogP contribution in [0, 0.1) is 0 Å². The summed E-state index contributed by atoms with van der Waals surface area (Å²) in [5, 5.41) is 0. The summed E-state index contributed by atoms with van der Waals surface area (Å²) in [7, 11) is -34.1. The molecule has 0 aromatic heterocycles. The van der Waals surface area contributed by atoms with Crippen LogP contribution in [-0.2, 0) is 27.4 Å². The monoisotopic (exact) mass is 730 g/mol. The molecule has 12 N–H and O–H groups in total. The van der Waals surface area contributed by atoms with E-state index in [9.17, 15) is 66.5 Å². The van der Waals surface area contributed by atoms with Gasteiger partial charge in [-0.3, -0.25) is 58.7 Å². The van der Waals surface area contributed by atoms with Crippen molar-refractivity contribution in [1.29, 1.82) is 0 Å². The third-order valence-electron chi connectivity index (χ3n) is 3.69. The van der Waals surface area contributed by atoms with E-state index in [2.05, 4.69) is 27.1 Å². The highest BCUT2D eigenvalue weighted by molar-refractivity contribution is 7.48. The summed E-state index contributed by atoms with van der Waals surface area (Å²) in [5.74, 6) is -8.10. The first-order valence-electron chi connectivity index (χ1n) is 9.38. The van der Waals surface area contributed by atoms with Crippen molar-refractivity contribution >= 4 is 46.9 Å². The van der Waals surface area contributed by atoms with E-state index in [0.29, 0.717) is 0 Å². The maximum Gasteiger partial charge on any atom is 0.524 e. The van der Waals surface area contributed by atoms with Gasteiger partial charge in [-0.25, -0.2) is 27.4 Å². The second kappa shape index (κ2) is 12.3. The van der Waals surface area contributed by atoms with Crippen molar-refractivity contribution in [2.24, 2.45) is 0 Å². The van der Waals surface area contributed by atoms with Gasteiger partial charge in [0, 0.05) is 23.3 Å². The first-order valence-corrected chi connectivity index (χ1v) is 18.6. The molecule has 0 radical (unpaired) electrons. The summed E-state index contributed by atoms with van der Waals surface area (Å²) in [5.41, 5.74) is -2.16. The molecule has 2 aromatic rings. The molecule has 0 bridgehead atoms. The molecular weight excluding hydrogens is 714 g/mol. The van der Waals surface area contributed by atoms with Crippen molar-refractivity contribution in [1.82, 2.24) is 0 Å². The Morgan fingerprint density at radius 2 is 0.476 bits per heavy atom. The van der Waals surface area contributed by atoms with E-state index in [1.54, 1.807) is 0 Å². The van der Waals surface area contributed by atoms with Crippen molar-refractivity contribution < 1.29 is 113 Å². The minimum absolute atomic E-state index is 0.128. The molecule has 0 amide bonds. The second-order valence-electron chi connectivity index (χ2n) is 7.08. The van der Waals surface area contributed by atoms with Crippen LogP contribution in [0.4, 0.5) is 0 Å². The zero-order chi connectivity index (χ0) is 32.7. The van der Waals surface area contributed by atoms with E-state index < -0.39 is 92.6 Å². The maximum absolute atomic E-state index is 11.6. The van der Waals surface area contributed by atoms with Crippen molar-refractivity contribution in [3.8, 4) is 45.6 Å². The first-order chi connectivity index (χ1) is 18.5. The Morgan fingerprint density at radius 1 is 0.310 bits per heavy atom. The normalized spacial score (nSPS) is 13.3. The number of phosphoric ester groups is 6. The Balaban J connectivity index is 3.14. The van der Waals surface area contributed by atoms with Crippen molar-refractivity contribution in [3.05, 3.63) is 24.3 Å². The van der Waals surface area contributed by atoms with Crippen LogP contribution in [0.5, 0.6) is 34.5 Å². The summed E-state index contributed by atoms with van der Waals surface area (Å²) < 4.78 is 94.4. The molecule has 0 atom stereocenters. The number of benzene rings is 2. The van der Waals surface area contributed by atoms with E-state index in [1.807, 2.05) is 0 Å². The van der Waals surface area contributed by atoms with Gasteiger partial charge in [-0.2, -0.15) is 0 Å². The fourth-order valence-electron chi connectivity index (χ4n) is 2.71. The predicted octanol–water partition coefficient (Wildman–Crippen LogP) is 0.183. The molecular formula is C12H16O24P6. The van der Waals surface area contributed by atoms with E-state index >= 15 is 0 Å². The van der Waals surface area contributed by atoms with Gasteiger partial charge in [0.15, 0.2) is 23.0 Å². The Kier molecular flexibility index (Phi) is 10.6. The second-order valence-corrected chi connectivity index (χ2v) is 14.1. The lowest BCUT2D eigenvalue weighted by Crippen LogP contribution is -2.02. The van der Waals surface area contributed by atoms with Gasteiger partial charge >= 0.3 is 46.9 Å².